The molecule has 5 rings (SSSR count). The Morgan fingerprint density at radius 3 is 2.16 bits per heavy atom. The van der Waals surface area contributed by atoms with Gasteiger partial charge in [0, 0.05) is 5.56 Å². The molecule has 186 valence electrons. The first-order valence-electron chi connectivity index (χ1n) is 11.8. The summed E-state index contributed by atoms with van der Waals surface area (Å²) in [7, 11) is 1.51. The SMILES string of the molecule is CO/N=C(/COc1ccc(-c2ccc(C3COC(c4c(F)cccc4F)=N3)cc2)cc1)c1ccccc1. The Kier molecular flexibility index (Phi) is 7.21. The lowest BCUT2D eigenvalue weighted by atomic mass is 10.0. The molecule has 0 saturated heterocycles. The Morgan fingerprint density at radius 1 is 0.865 bits per heavy atom. The molecule has 0 amide bonds. The van der Waals surface area contributed by atoms with Crippen molar-refractivity contribution in [1.29, 1.82) is 0 Å². The van der Waals surface area contributed by atoms with Crippen molar-refractivity contribution in [3.05, 3.63) is 125 Å². The number of ether oxygens (including phenoxy) is 2. The van der Waals surface area contributed by atoms with E-state index in [4.69, 9.17) is 14.3 Å². The van der Waals surface area contributed by atoms with Crippen molar-refractivity contribution in [3.63, 3.8) is 0 Å². The van der Waals surface area contributed by atoms with Crippen LogP contribution in [-0.2, 0) is 9.57 Å². The van der Waals surface area contributed by atoms with Crippen molar-refractivity contribution in [1.82, 2.24) is 0 Å². The Labute approximate surface area is 213 Å². The van der Waals surface area contributed by atoms with Crippen LogP contribution in [0.3, 0.4) is 0 Å². The number of hydrogen-bond donors (Lipinski definition) is 0. The molecular weight excluding hydrogens is 474 g/mol. The molecule has 1 heterocycles. The first kappa shape index (κ1) is 24.2. The van der Waals surface area contributed by atoms with Gasteiger partial charge in [0.15, 0.2) is 0 Å². The number of oxime groups is 1. The fourth-order valence-electron chi connectivity index (χ4n) is 4.08. The van der Waals surface area contributed by atoms with Crippen LogP contribution in [0.15, 0.2) is 107 Å². The van der Waals surface area contributed by atoms with Crippen LogP contribution in [0.5, 0.6) is 5.75 Å². The molecule has 0 aliphatic carbocycles. The summed E-state index contributed by atoms with van der Waals surface area (Å²) in [5.41, 5.74) is 4.35. The minimum atomic E-state index is -0.690. The van der Waals surface area contributed by atoms with Crippen molar-refractivity contribution in [2.75, 3.05) is 20.3 Å². The molecule has 0 saturated carbocycles. The Bertz CT molecular complexity index is 1400. The van der Waals surface area contributed by atoms with Crippen LogP contribution in [0.1, 0.15) is 22.7 Å². The number of aliphatic imine (C=N–C) groups is 1. The molecule has 0 bridgehead atoms. The van der Waals surface area contributed by atoms with Crippen molar-refractivity contribution < 1.29 is 23.1 Å². The Morgan fingerprint density at radius 2 is 1.51 bits per heavy atom. The molecule has 5 nitrogen and oxygen atoms in total. The van der Waals surface area contributed by atoms with Gasteiger partial charge in [0.1, 0.15) is 55.0 Å². The smallest absolute Gasteiger partial charge is 0.222 e. The molecule has 0 radical (unpaired) electrons. The van der Waals surface area contributed by atoms with Crippen molar-refractivity contribution in [2.45, 2.75) is 6.04 Å². The summed E-state index contributed by atoms with van der Waals surface area (Å²) in [6, 6.07) is 28.8. The van der Waals surface area contributed by atoms with Gasteiger partial charge in [0.25, 0.3) is 0 Å². The highest BCUT2D eigenvalue weighted by Crippen LogP contribution is 2.29. The van der Waals surface area contributed by atoms with Crippen LogP contribution in [0.2, 0.25) is 0 Å². The average Bonchev–Trinajstić information content (AvgIpc) is 3.42. The number of nitrogens with zero attached hydrogens (tertiary/aromatic N) is 2. The highest BCUT2D eigenvalue weighted by Gasteiger charge is 2.26. The van der Waals surface area contributed by atoms with Gasteiger partial charge in [-0.1, -0.05) is 78.0 Å². The summed E-state index contributed by atoms with van der Waals surface area (Å²) < 4.78 is 39.6. The summed E-state index contributed by atoms with van der Waals surface area (Å²) in [6.45, 7) is 0.500. The number of benzene rings is 4. The van der Waals surface area contributed by atoms with Crippen LogP contribution in [0.4, 0.5) is 8.78 Å². The van der Waals surface area contributed by atoms with Gasteiger partial charge in [-0.05, 0) is 41.0 Å². The normalized spacial score (nSPS) is 15.2. The fourth-order valence-corrected chi connectivity index (χ4v) is 4.08. The minimum Gasteiger partial charge on any atom is -0.487 e. The monoisotopic (exact) mass is 498 g/mol. The summed E-state index contributed by atoms with van der Waals surface area (Å²) >= 11 is 0. The third-order valence-electron chi connectivity index (χ3n) is 5.99. The number of halogens is 2. The highest BCUT2D eigenvalue weighted by atomic mass is 19.1. The van der Waals surface area contributed by atoms with Gasteiger partial charge in [0.2, 0.25) is 5.90 Å². The largest absolute Gasteiger partial charge is 0.487 e. The van der Waals surface area contributed by atoms with E-state index in [1.165, 1.54) is 25.3 Å². The molecule has 0 spiro atoms. The maximum atomic E-state index is 14.1. The molecule has 0 aromatic heterocycles. The van der Waals surface area contributed by atoms with E-state index in [1.807, 2.05) is 78.9 Å². The molecule has 1 atom stereocenters. The van der Waals surface area contributed by atoms with Crippen LogP contribution < -0.4 is 4.74 Å². The zero-order chi connectivity index (χ0) is 25.6. The second kappa shape index (κ2) is 11.0. The predicted molar refractivity (Wildman–Crippen MR) is 139 cm³/mol. The second-order valence-corrected chi connectivity index (χ2v) is 8.38. The molecule has 37 heavy (non-hydrogen) atoms. The minimum absolute atomic E-state index is 0.00812. The lowest BCUT2D eigenvalue weighted by molar-refractivity contribution is 0.210. The van der Waals surface area contributed by atoms with Gasteiger partial charge >= 0.3 is 0 Å². The molecule has 1 aliphatic rings. The van der Waals surface area contributed by atoms with E-state index in [0.29, 0.717) is 11.5 Å². The van der Waals surface area contributed by atoms with Gasteiger partial charge in [0.05, 0.1) is 0 Å². The maximum absolute atomic E-state index is 14.1. The van der Waals surface area contributed by atoms with Gasteiger partial charge in [-0.2, -0.15) is 0 Å². The van der Waals surface area contributed by atoms with Crippen LogP contribution in [0, 0.1) is 11.6 Å². The first-order valence-corrected chi connectivity index (χ1v) is 11.8. The molecule has 1 unspecified atom stereocenters. The second-order valence-electron chi connectivity index (χ2n) is 8.38. The molecule has 1 aliphatic heterocycles. The Hall–Kier alpha value is -4.52. The van der Waals surface area contributed by atoms with Gasteiger partial charge in [-0.15, -0.1) is 0 Å². The number of rotatable bonds is 8. The fraction of sp³-hybridized carbons (Fsp3) is 0.133. The third kappa shape index (κ3) is 5.51. The van der Waals surface area contributed by atoms with Gasteiger partial charge < -0.3 is 14.3 Å². The lowest BCUT2D eigenvalue weighted by Gasteiger charge is -2.10. The molecule has 7 heteroatoms. The van der Waals surface area contributed by atoms with Crippen LogP contribution in [-0.4, -0.2) is 31.9 Å². The van der Waals surface area contributed by atoms with E-state index < -0.39 is 11.6 Å². The zero-order valence-corrected chi connectivity index (χ0v) is 20.1. The van der Waals surface area contributed by atoms with E-state index in [1.54, 1.807) is 0 Å². The van der Waals surface area contributed by atoms with E-state index in [-0.39, 0.29) is 30.7 Å². The lowest BCUT2D eigenvalue weighted by Crippen LogP contribution is -2.13. The quantitative estimate of drug-likeness (QED) is 0.204. The summed E-state index contributed by atoms with van der Waals surface area (Å²) in [5, 5.41) is 4.08. The summed E-state index contributed by atoms with van der Waals surface area (Å²) in [5.74, 6) is -0.675. The topological polar surface area (TPSA) is 52.4 Å². The highest BCUT2D eigenvalue weighted by molar-refractivity contribution is 6.01. The van der Waals surface area contributed by atoms with Crippen molar-refractivity contribution in [2.24, 2.45) is 10.1 Å². The van der Waals surface area contributed by atoms with Crippen molar-refractivity contribution >= 4 is 11.6 Å². The molecule has 4 aromatic rings. The molecule has 4 aromatic carbocycles. The molecule has 0 fully saturated rings. The summed E-state index contributed by atoms with van der Waals surface area (Å²) in [6.07, 6.45) is 0. The van der Waals surface area contributed by atoms with Crippen LogP contribution >= 0.6 is 0 Å². The maximum Gasteiger partial charge on any atom is 0.222 e. The van der Waals surface area contributed by atoms with Gasteiger partial charge in [-0.25, -0.2) is 13.8 Å². The summed E-state index contributed by atoms with van der Waals surface area (Å²) in [4.78, 5) is 9.38. The zero-order valence-electron chi connectivity index (χ0n) is 20.1. The third-order valence-corrected chi connectivity index (χ3v) is 5.99. The number of hydrogen-bond acceptors (Lipinski definition) is 5. The van der Waals surface area contributed by atoms with E-state index in [2.05, 4.69) is 10.1 Å². The first-order chi connectivity index (χ1) is 18.1. The average molecular weight is 499 g/mol. The van der Waals surface area contributed by atoms with E-state index in [9.17, 15) is 8.78 Å². The Balaban J connectivity index is 1.25. The van der Waals surface area contributed by atoms with Crippen LogP contribution in [0.25, 0.3) is 11.1 Å². The molecular formula is C30H24F2N2O3. The van der Waals surface area contributed by atoms with E-state index >= 15 is 0 Å². The van der Waals surface area contributed by atoms with Gasteiger partial charge in [-0.3, -0.25) is 0 Å². The van der Waals surface area contributed by atoms with Crippen molar-refractivity contribution in [3.8, 4) is 16.9 Å². The predicted octanol–water partition coefficient (Wildman–Crippen LogP) is 6.58. The molecule has 0 N–H and O–H groups in total. The standard InChI is InChI=1S/C30H24F2N2O3/c1-35-34-28(22-6-3-2-4-7-22)19-36-24-16-14-21(15-17-24)20-10-12-23(13-11-20)27-18-37-30(33-27)29-25(31)8-5-9-26(29)32/h2-17,27H,18-19H2,1H3/b34-28-. The van der Waals surface area contributed by atoms with E-state index in [0.717, 1.165) is 22.3 Å².